The molecule has 0 aliphatic carbocycles. The van der Waals surface area contributed by atoms with Crippen molar-refractivity contribution in [2.24, 2.45) is 5.92 Å². The fourth-order valence-corrected chi connectivity index (χ4v) is 3.59. The number of esters is 1. The number of aromatic hydroxyl groups is 1. The molecule has 2 rings (SSSR count). The highest BCUT2D eigenvalue weighted by Crippen LogP contribution is 2.31. The zero-order chi connectivity index (χ0) is 17.0. The number of phenolic OH excluding ortho intramolecular Hbond substituents is 1. The Morgan fingerprint density at radius 1 is 1.18 bits per heavy atom. The molecule has 1 aromatic rings. The number of nitrogens with one attached hydrogen (secondary N) is 1. The maximum atomic E-state index is 10.9. The molecule has 1 aliphatic heterocycles. The van der Waals surface area contributed by atoms with Crippen LogP contribution in [0.25, 0.3) is 0 Å². The third kappa shape index (κ3) is 5.68. The topological polar surface area (TPSA) is 58.6 Å². The summed E-state index contributed by atoms with van der Waals surface area (Å²) in [5.74, 6) is 0.281. The highest BCUT2D eigenvalue weighted by molar-refractivity contribution is 5.92. The zero-order valence-corrected chi connectivity index (χ0v) is 14.6. The first-order chi connectivity index (χ1) is 10.1. The van der Waals surface area contributed by atoms with Crippen molar-refractivity contribution >= 4 is 5.97 Å². The van der Waals surface area contributed by atoms with E-state index in [0.29, 0.717) is 11.1 Å². The van der Waals surface area contributed by atoms with Gasteiger partial charge in [-0.05, 0) is 58.6 Å². The van der Waals surface area contributed by atoms with Gasteiger partial charge in [0.05, 0.1) is 7.11 Å². The Morgan fingerprint density at radius 2 is 1.68 bits per heavy atom. The molecule has 22 heavy (non-hydrogen) atoms. The molecule has 4 nitrogen and oxygen atoms in total. The number of piperidine rings is 1. The first-order valence-electron chi connectivity index (χ1n) is 7.72. The molecule has 1 heterocycles. The molecule has 124 valence electrons. The molecule has 1 aromatic carbocycles. The maximum absolute atomic E-state index is 10.9. The van der Waals surface area contributed by atoms with E-state index in [4.69, 9.17) is 5.11 Å². The van der Waals surface area contributed by atoms with Crippen LogP contribution in [0, 0.1) is 5.92 Å². The number of carbonyl (C=O) groups excluding carboxylic acids is 1. The van der Waals surface area contributed by atoms with E-state index in [1.165, 1.54) is 32.1 Å². The van der Waals surface area contributed by atoms with Gasteiger partial charge in [-0.25, -0.2) is 4.79 Å². The van der Waals surface area contributed by atoms with E-state index >= 15 is 0 Å². The number of phenols is 1. The van der Waals surface area contributed by atoms with Crippen LogP contribution in [0.5, 0.6) is 5.75 Å². The zero-order valence-electron chi connectivity index (χ0n) is 14.6. The Labute approximate surface area is 133 Å². The van der Waals surface area contributed by atoms with Crippen LogP contribution in [-0.2, 0) is 4.74 Å². The van der Waals surface area contributed by atoms with E-state index in [2.05, 4.69) is 44.7 Å². The number of benzene rings is 1. The highest BCUT2D eigenvalue weighted by Gasteiger charge is 2.35. The van der Waals surface area contributed by atoms with E-state index < -0.39 is 5.97 Å². The Balaban J connectivity index is 0.000000220. The van der Waals surface area contributed by atoms with Gasteiger partial charge in [0, 0.05) is 11.1 Å². The van der Waals surface area contributed by atoms with E-state index in [1.54, 1.807) is 12.1 Å². The summed E-state index contributed by atoms with van der Waals surface area (Å²) in [6.45, 7) is 11.5. The van der Waals surface area contributed by atoms with E-state index in [0.717, 1.165) is 5.92 Å². The van der Waals surface area contributed by atoms with Crippen LogP contribution < -0.4 is 5.32 Å². The second-order valence-electron chi connectivity index (χ2n) is 7.41. The standard InChI is InChI=1S/C10H21N.C8H8O3/c1-8-6-9(2,3)11-10(4,5)7-8;1-11-8(10)6-4-2-3-5-7(6)9/h8,11H,6-7H2,1-5H3;2-5,9H,1H3. The summed E-state index contributed by atoms with van der Waals surface area (Å²) in [5, 5.41) is 12.8. The lowest BCUT2D eigenvalue weighted by Crippen LogP contribution is -2.57. The van der Waals surface area contributed by atoms with Crippen LogP contribution in [0.1, 0.15) is 57.8 Å². The van der Waals surface area contributed by atoms with Gasteiger partial charge in [-0.15, -0.1) is 0 Å². The van der Waals surface area contributed by atoms with Crippen LogP contribution in [0.4, 0.5) is 0 Å². The van der Waals surface area contributed by atoms with E-state index in [9.17, 15) is 4.79 Å². The van der Waals surface area contributed by atoms with Crippen molar-refractivity contribution in [1.29, 1.82) is 0 Å². The molecule has 2 N–H and O–H groups in total. The van der Waals surface area contributed by atoms with E-state index in [1.807, 2.05) is 0 Å². The number of ether oxygens (including phenoxy) is 1. The molecular formula is C18H29NO3. The number of hydrogen-bond acceptors (Lipinski definition) is 4. The largest absolute Gasteiger partial charge is 0.507 e. The molecule has 4 heteroatoms. The Bertz CT molecular complexity index is 493. The monoisotopic (exact) mass is 307 g/mol. The number of carbonyl (C=O) groups is 1. The molecule has 1 fully saturated rings. The van der Waals surface area contributed by atoms with Crippen molar-refractivity contribution in [2.45, 2.75) is 58.5 Å². The van der Waals surface area contributed by atoms with Crippen molar-refractivity contribution in [2.75, 3.05) is 7.11 Å². The molecule has 0 spiro atoms. The Hall–Kier alpha value is -1.55. The molecule has 0 radical (unpaired) electrons. The van der Waals surface area contributed by atoms with Crippen molar-refractivity contribution in [3.05, 3.63) is 29.8 Å². The predicted molar refractivity (Wildman–Crippen MR) is 89.1 cm³/mol. The molecular weight excluding hydrogens is 278 g/mol. The number of para-hydroxylation sites is 1. The fraction of sp³-hybridized carbons (Fsp3) is 0.611. The van der Waals surface area contributed by atoms with Crippen molar-refractivity contribution in [3.8, 4) is 5.75 Å². The molecule has 0 amide bonds. The normalized spacial score (nSPS) is 19.7. The van der Waals surface area contributed by atoms with Gasteiger partial charge >= 0.3 is 5.97 Å². The van der Waals surface area contributed by atoms with Gasteiger partial charge in [-0.3, -0.25) is 0 Å². The van der Waals surface area contributed by atoms with Gasteiger partial charge in [0.15, 0.2) is 0 Å². The number of methoxy groups -OCH3 is 1. The van der Waals surface area contributed by atoms with Crippen molar-refractivity contribution < 1.29 is 14.6 Å². The predicted octanol–water partition coefficient (Wildman–Crippen LogP) is 3.74. The minimum atomic E-state index is -0.525. The summed E-state index contributed by atoms with van der Waals surface area (Å²) in [7, 11) is 1.27. The summed E-state index contributed by atoms with van der Waals surface area (Å²) in [6, 6.07) is 6.24. The third-order valence-corrected chi connectivity index (χ3v) is 3.70. The van der Waals surface area contributed by atoms with E-state index in [-0.39, 0.29) is 11.3 Å². The van der Waals surface area contributed by atoms with Gasteiger partial charge < -0.3 is 15.2 Å². The summed E-state index contributed by atoms with van der Waals surface area (Å²) in [5.41, 5.74) is 0.859. The van der Waals surface area contributed by atoms with Gasteiger partial charge in [0.25, 0.3) is 0 Å². The summed E-state index contributed by atoms with van der Waals surface area (Å²) in [6.07, 6.45) is 2.60. The number of rotatable bonds is 1. The quantitative estimate of drug-likeness (QED) is 0.776. The minimum Gasteiger partial charge on any atom is -0.507 e. The first kappa shape index (κ1) is 18.5. The van der Waals surface area contributed by atoms with Crippen molar-refractivity contribution in [1.82, 2.24) is 5.32 Å². The van der Waals surface area contributed by atoms with Gasteiger partial charge in [-0.2, -0.15) is 0 Å². The average Bonchev–Trinajstić information content (AvgIpc) is 2.34. The fourth-order valence-electron chi connectivity index (χ4n) is 3.59. The number of hydrogen-bond donors (Lipinski definition) is 2. The lowest BCUT2D eigenvalue weighted by Gasteiger charge is -2.45. The lowest BCUT2D eigenvalue weighted by atomic mass is 9.77. The molecule has 0 atom stereocenters. The molecule has 0 bridgehead atoms. The van der Waals surface area contributed by atoms with Crippen LogP contribution in [-0.4, -0.2) is 29.3 Å². The van der Waals surface area contributed by atoms with Gasteiger partial charge in [0.1, 0.15) is 11.3 Å². The van der Waals surface area contributed by atoms with Crippen molar-refractivity contribution in [3.63, 3.8) is 0 Å². The smallest absolute Gasteiger partial charge is 0.341 e. The first-order valence-corrected chi connectivity index (χ1v) is 7.72. The minimum absolute atomic E-state index is 0.0562. The average molecular weight is 307 g/mol. The molecule has 0 aromatic heterocycles. The Kier molecular flexibility index (Phi) is 6.00. The molecule has 1 saturated heterocycles. The van der Waals surface area contributed by atoms with Gasteiger partial charge in [-0.1, -0.05) is 19.1 Å². The maximum Gasteiger partial charge on any atom is 0.341 e. The second-order valence-corrected chi connectivity index (χ2v) is 7.41. The van der Waals surface area contributed by atoms with Crippen LogP contribution in [0.3, 0.4) is 0 Å². The van der Waals surface area contributed by atoms with Crippen LogP contribution in [0.2, 0.25) is 0 Å². The second kappa shape index (κ2) is 7.14. The molecule has 0 unspecified atom stereocenters. The molecule has 1 aliphatic rings. The van der Waals surface area contributed by atoms with Gasteiger partial charge in [0.2, 0.25) is 0 Å². The SMILES string of the molecule is CC1CC(C)(C)NC(C)(C)C1.COC(=O)c1ccccc1O. The summed E-state index contributed by atoms with van der Waals surface area (Å²) < 4.78 is 4.42. The third-order valence-electron chi connectivity index (χ3n) is 3.70. The lowest BCUT2D eigenvalue weighted by molar-refractivity contribution is 0.0597. The Morgan fingerprint density at radius 3 is 2.09 bits per heavy atom. The highest BCUT2D eigenvalue weighted by atomic mass is 16.5. The summed E-state index contributed by atoms with van der Waals surface area (Å²) in [4.78, 5) is 10.9. The van der Waals surface area contributed by atoms with Crippen LogP contribution >= 0.6 is 0 Å². The van der Waals surface area contributed by atoms with Crippen LogP contribution in [0.15, 0.2) is 24.3 Å². The summed E-state index contributed by atoms with van der Waals surface area (Å²) >= 11 is 0. The molecule has 0 saturated carbocycles.